The molecule has 0 aliphatic rings. The minimum absolute atomic E-state index is 0.0984. The normalized spacial score (nSPS) is 15.6. The summed E-state index contributed by atoms with van der Waals surface area (Å²) in [5, 5.41) is 12.0. The van der Waals surface area contributed by atoms with Crippen LogP contribution in [0.5, 0.6) is 0 Å². The number of amides is 1. The average Bonchev–Trinajstić information content (AvgIpc) is 1.84. The summed E-state index contributed by atoms with van der Waals surface area (Å²) in [5.41, 5.74) is 5.00. The fourth-order valence-electron chi connectivity index (χ4n) is 0.913. The number of nitrogens with one attached hydrogen (secondary N) is 1. The number of hydrogen-bond acceptors (Lipinski definition) is 3. The number of carbonyl (C=O) groups excluding carboxylic acids is 1. The maximum absolute atomic E-state index is 10.4. The van der Waals surface area contributed by atoms with E-state index < -0.39 is 0 Å². The lowest BCUT2D eigenvalue weighted by Crippen LogP contribution is -2.32. The Kier molecular flexibility index (Phi) is 5.66. The standard InChI is InChI=1S/C8H18N2O2/c1-6(5-8(9)12)10-4-3-7(2)11/h6-7,10-11H,3-5H2,1-2H3,(H2,9,12). The van der Waals surface area contributed by atoms with Crippen LogP contribution in [-0.4, -0.2) is 29.7 Å². The predicted octanol–water partition coefficient (Wildman–Crippen LogP) is -0.389. The van der Waals surface area contributed by atoms with Crippen LogP contribution in [0.1, 0.15) is 26.7 Å². The third-order valence-corrected chi connectivity index (χ3v) is 1.56. The lowest BCUT2D eigenvalue weighted by Gasteiger charge is -2.12. The Balaban J connectivity index is 3.31. The van der Waals surface area contributed by atoms with E-state index in [2.05, 4.69) is 5.32 Å². The molecular formula is C8H18N2O2. The van der Waals surface area contributed by atoms with Gasteiger partial charge in [-0.25, -0.2) is 0 Å². The smallest absolute Gasteiger partial charge is 0.218 e. The van der Waals surface area contributed by atoms with Gasteiger partial charge in [0.05, 0.1) is 6.10 Å². The van der Waals surface area contributed by atoms with Gasteiger partial charge in [-0.05, 0) is 26.8 Å². The fourth-order valence-corrected chi connectivity index (χ4v) is 0.913. The van der Waals surface area contributed by atoms with Gasteiger partial charge in [-0.2, -0.15) is 0 Å². The highest BCUT2D eigenvalue weighted by atomic mass is 16.3. The summed E-state index contributed by atoms with van der Waals surface area (Å²) in [6.07, 6.45) is 0.751. The van der Waals surface area contributed by atoms with Crippen molar-refractivity contribution in [1.82, 2.24) is 5.32 Å². The first kappa shape index (κ1) is 11.4. The second-order valence-electron chi connectivity index (χ2n) is 3.16. The molecule has 0 heterocycles. The van der Waals surface area contributed by atoms with E-state index in [0.717, 1.165) is 0 Å². The summed E-state index contributed by atoms with van der Waals surface area (Å²) < 4.78 is 0. The Morgan fingerprint density at radius 2 is 2.17 bits per heavy atom. The molecule has 0 aromatic carbocycles. The van der Waals surface area contributed by atoms with Gasteiger partial charge in [-0.3, -0.25) is 4.79 Å². The van der Waals surface area contributed by atoms with Gasteiger partial charge in [0.25, 0.3) is 0 Å². The highest BCUT2D eigenvalue weighted by molar-refractivity contribution is 5.74. The van der Waals surface area contributed by atoms with Crippen LogP contribution < -0.4 is 11.1 Å². The molecule has 0 saturated heterocycles. The van der Waals surface area contributed by atoms with E-state index in [1.165, 1.54) is 0 Å². The first-order valence-corrected chi connectivity index (χ1v) is 4.22. The summed E-state index contributed by atoms with van der Waals surface area (Å²) in [4.78, 5) is 10.4. The number of hydrogen-bond donors (Lipinski definition) is 3. The van der Waals surface area contributed by atoms with Crippen LogP contribution in [0, 0.1) is 0 Å². The van der Waals surface area contributed by atoms with Crippen molar-refractivity contribution in [3.05, 3.63) is 0 Å². The van der Waals surface area contributed by atoms with Crippen LogP contribution in [-0.2, 0) is 4.79 Å². The first-order chi connectivity index (χ1) is 5.52. The molecule has 0 bridgehead atoms. The zero-order valence-corrected chi connectivity index (χ0v) is 7.71. The third-order valence-electron chi connectivity index (χ3n) is 1.56. The van der Waals surface area contributed by atoms with E-state index in [4.69, 9.17) is 10.8 Å². The second kappa shape index (κ2) is 5.97. The van der Waals surface area contributed by atoms with E-state index in [0.29, 0.717) is 19.4 Å². The van der Waals surface area contributed by atoms with Crippen molar-refractivity contribution in [2.45, 2.75) is 38.8 Å². The van der Waals surface area contributed by atoms with Crippen LogP contribution in [0.4, 0.5) is 0 Å². The van der Waals surface area contributed by atoms with Gasteiger partial charge in [0.1, 0.15) is 0 Å². The quantitative estimate of drug-likeness (QED) is 0.513. The summed E-state index contributed by atoms with van der Waals surface area (Å²) >= 11 is 0. The number of carbonyl (C=O) groups is 1. The average molecular weight is 174 g/mol. The number of rotatable bonds is 6. The molecule has 0 fully saturated rings. The van der Waals surface area contributed by atoms with Gasteiger partial charge in [-0.15, -0.1) is 0 Å². The van der Waals surface area contributed by atoms with Crippen molar-refractivity contribution in [1.29, 1.82) is 0 Å². The van der Waals surface area contributed by atoms with Crippen molar-refractivity contribution in [3.63, 3.8) is 0 Å². The summed E-state index contributed by atoms with van der Waals surface area (Å²) in [6, 6.07) is 0.0984. The molecule has 0 radical (unpaired) electrons. The molecule has 12 heavy (non-hydrogen) atoms. The highest BCUT2D eigenvalue weighted by Crippen LogP contribution is 1.91. The lowest BCUT2D eigenvalue weighted by molar-refractivity contribution is -0.118. The number of primary amides is 1. The Hall–Kier alpha value is -0.610. The fraction of sp³-hybridized carbons (Fsp3) is 0.875. The largest absolute Gasteiger partial charge is 0.393 e. The van der Waals surface area contributed by atoms with E-state index in [-0.39, 0.29) is 18.1 Å². The van der Waals surface area contributed by atoms with Crippen molar-refractivity contribution in [2.24, 2.45) is 5.73 Å². The molecular weight excluding hydrogens is 156 g/mol. The summed E-state index contributed by atoms with van der Waals surface area (Å²) in [5.74, 6) is -0.299. The molecule has 0 saturated carbocycles. The van der Waals surface area contributed by atoms with Gasteiger partial charge < -0.3 is 16.2 Å². The molecule has 2 atom stereocenters. The molecule has 72 valence electrons. The molecule has 4 heteroatoms. The zero-order valence-electron chi connectivity index (χ0n) is 7.71. The van der Waals surface area contributed by atoms with E-state index in [1.807, 2.05) is 6.92 Å². The van der Waals surface area contributed by atoms with Crippen LogP contribution in [0.2, 0.25) is 0 Å². The molecule has 0 rings (SSSR count). The van der Waals surface area contributed by atoms with Gasteiger partial charge in [0, 0.05) is 12.5 Å². The van der Waals surface area contributed by atoms with Gasteiger partial charge in [-0.1, -0.05) is 0 Å². The number of nitrogens with two attached hydrogens (primary N) is 1. The summed E-state index contributed by atoms with van der Waals surface area (Å²) in [6.45, 7) is 4.35. The molecule has 1 amide bonds. The molecule has 0 spiro atoms. The Labute approximate surface area is 73.1 Å². The predicted molar refractivity (Wildman–Crippen MR) is 47.6 cm³/mol. The maximum atomic E-state index is 10.4. The highest BCUT2D eigenvalue weighted by Gasteiger charge is 2.04. The van der Waals surface area contributed by atoms with Crippen molar-refractivity contribution >= 4 is 5.91 Å². The molecule has 2 unspecified atom stereocenters. The van der Waals surface area contributed by atoms with E-state index in [1.54, 1.807) is 6.92 Å². The lowest BCUT2D eigenvalue weighted by atomic mass is 10.2. The van der Waals surface area contributed by atoms with Crippen molar-refractivity contribution < 1.29 is 9.90 Å². The van der Waals surface area contributed by atoms with Crippen LogP contribution in [0.15, 0.2) is 0 Å². The Morgan fingerprint density at radius 1 is 1.58 bits per heavy atom. The monoisotopic (exact) mass is 174 g/mol. The number of aliphatic hydroxyl groups excluding tert-OH is 1. The summed E-state index contributed by atoms with van der Waals surface area (Å²) in [7, 11) is 0. The molecule has 0 aromatic rings. The molecule has 0 aliphatic carbocycles. The third kappa shape index (κ3) is 7.50. The molecule has 4 nitrogen and oxygen atoms in total. The van der Waals surface area contributed by atoms with Crippen molar-refractivity contribution in [3.8, 4) is 0 Å². The van der Waals surface area contributed by atoms with Crippen molar-refractivity contribution in [2.75, 3.05) is 6.54 Å². The minimum Gasteiger partial charge on any atom is -0.393 e. The van der Waals surface area contributed by atoms with Crippen LogP contribution >= 0.6 is 0 Å². The van der Waals surface area contributed by atoms with Gasteiger partial charge in [0.15, 0.2) is 0 Å². The van der Waals surface area contributed by atoms with Gasteiger partial charge in [0.2, 0.25) is 5.91 Å². The molecule has 0 aromatic heterocycles. The first-order valence-electron chi connectivity index (χ1n) is 4.22. The topological polar surface area (TPSA) is 75.3 Å². The van der Waals surface area contributed by atoms with E-state index in [9.17, 15) is 4.79 Å². The minimum atomic E-state index is -0.299. The second-order valence-corrected chi connectivity index (χ2v) is 3.16. The van der Waals surface area contributed by atoms with E-state index >= 15 is 0 Å². The van der Waals surface area contributed by atoms with Crippen LogP contribution in [0.25, 0.3) is 0 Å². The SMILES string of the molecule is CC(O)CCNC(C)CC(N)=O. The molecule has 0 aliphatic heterocycles. The Morgan fingerprint density at radius 3 is 2.58 bits per heavy atom. The van der Waals surface area contributed by atoms with Gasteiger partial charge >= 0.3 is 0 Å². The Bertz CT molecular complexity index is 137. The molecule has 4 N–H and O–H groups in total. The number of aliphatic hydroxyl groups is 1. The zero-order chi connectivity index (χ0) is 9.56. The van der Waals surface area contributed by atoms with Crippen LogP contribution in [0.3, 0.4) is 0 Å². The maximum Gasteiger partial charge on any atom is 0.218 e.